The lowest BCUT2D eigenvalue weighted by Gasteiger charge is -2.08. The summed E-state index contributed by atoms with van der Waals surface area (Å²) >= 11 is 0. The zero-order valence-corrected chi connectivity index (χ0v) is 10.3. The standard InChI is InChI=1S/C13H19NO3/c1-11(2)10-16-9-8-14-13(15)17-12-6-4-3-5-7-12/h3-7,11H,8-10H2,1-2H3,(H,14,15). The van der Waals surface area contributed by atoms with Crippen molar-refractivity contribution in [1.29, 1.82) is 0 Å². The third-order valence-corrected chi connectivity index (χ3v) is 1.92. The van der Waals surface area contributed by atoms with Gasteiger partial charge in [-0.15, -0.1) is 0 Å². The van der Waals surface area contributed by atoms with Crippen molar-refractivity contribution in [2.24, 2.45) is 5.92 Å². The van der Waals surface area contributed by atoms with Gasteiger partial charge < -0.3 is 14.8 Å². The average molecular weight is 237 g/mol. The summed E-state index contributed by atoms with van der Waals surface area (Å²) in [7, 11) is 0. The summed E-state index contributed by atoms with van der Waals surface area (Å²) in [6, 6.07) is 8.96. The summed E-state index contributed by atoms with van der Waals surface area (Å²) in [4.78, 5) is 11.3. The molecule has 0 fully saturated rings. The third-order valence-electron chi connectivity index (χ3n) is 1.92. The largest absolute Gasteiger partial charge is 0.412 e. The first-order chi connectivity index (χ1) is 8.18. The first kappa shape index (κ1) is 13.5. The SMILES string of the molecule is CC(C)COCCNC(=O)Oc1ccccc1. The van der Waals surface area contributed by atoms with Gasteiger partial charge in [-0.25, -0.2) is 4.79 Å². The van der Waals surface area contributed by atoms with Crippen molar-refractivity contribution in [3.63, 3.8) is 0 Å². The van der Waals surface area contributed by atoms with Crippen LogP contribution in [-0.4, -0.2) is 25.9 Å². The molecule has 4 nitrogen and oxygen atoms in total. The molecule has 0 heterocycles. The number of hydrogen-bond acceptors (Lipinski definition) is 3. The number of para-hydroxylation sites is 1. The van der Waals surface area contributed by atoms with Crippen molar-refractivity contribution >= 4 is 6.09 Å². The van der Waals surface area contributed by atoms with Crippen LogP contribution in [0.1, 0.15) is 13.8 Å². The van der Waals surface area contributed by atoms with Crippen LogP contribution in [0.5, 0.6) is 5.75 Å². The van der Waals surface area contributed by atoms with Crippen molar-refractivity contribution in [3.05, 3.63) is 30.3 Å². The third kappa shape index (κ3) is 6.58. The first-order valence-corrected chi connectivity index (χ1v) is 5.77. The van der Waals surface area contributed by atoms with E-state index in [1.807, 2.05) is 18.2 Å². The number of ether oxygens (including phenoxy) is 2. The van der Waals surface area contributed by atoms with Crippen molar-refractivity contribution in [1.82, 2.24) is 5.32 Å². The molecule has 0 aliphatic carbocycles. The van der Waals surface area contributed by atoms with E-state index >= 15 is 0 Å². The van der Waals surface area contributed by atoms with Gasteiger partial charge in [-0.05, 0) is 18.1 Å². The Kier molecular flexibility index (Phi) is 6.10. The second-order valence-electron chi connectivity index (χ2n) is 4.10. The molecule has 0 aliphatic heterocycles. The van der Waals surface area contributed by atoms with Crippen LogP contribution in [0.2, 0.25) is 0 Å². The normalized spacial score (nSPS) is 10.3. The fourth-order valence-corrected chi connectivity index (χ4v) is 1.18. The minimum absolute atomic E-state index is 0.454. The van der Waals surface area contributed by atoms with E-state index in [0.29, 0.717) is 31.4 Å². The van der Waals surface area contributed by atoms with Crippen LogP contribution < -0.4 is 10.1 Å². The molecule has 1 N–H and O–H groups in total. The summed E-state index contributed by atoms with van der Waals surface area (Å²) < 4.78 is 10.4. The molecule has 0 bridgehead atoms. The maximum Gasteiger partial charge on any atom is 0.412 e. The second kappa shape index (κ2) is 7.68. The molecule has 0 aliphatic rings. The second-order valence-corrected chi connectivity index (χ2v) is 4.10. The number of carbonyl (C=O) groups excluding carboxylic acids is 1. The maximum absolute atomic E-state index is 11.3. The van der Waals surface area contributed by atoms with Crippen LogP contribution in [0.25, 0.3) is 0 Å². The summed E-state index contributed by atoms with van der Waals surface area (Å²) in [6.45, 7) is 5.82. The van der Waals surface area contributed by atoms with Crippen LogP contribution in [0.3, 0.4) is 0 Å². The van der Waals surface area contributed by atoms with Crippen LogP contribution in [0.15, 0.2) is 30.3 Å². The minimum atomic E-state index is -0.454. The van der Waals surface area contributed by atoms with E-state index in [-0.39, 0.29) is 0 Å². The highest BCUT2D eigenvalue weighted by Crippen LogP contribution is 2.07. The van der Waals surface area contributed by atoms with Gasteiger partial charge in [0.1, 0.15) is 5.75 Å². The molecule has 0 aromatic heterocycles. The molecule has 4 heteroatoms. The summed E-state index contributed by atoms with van der Waals surface area (Å²) in [5.74, 6) is 1.04. The van der Waals surface area contributed by atoms with Crippen LogP contribution in [0, 0.1) is 5.92 Å². The Hall–Kier alpha value is -1.55. The van der Waals surface area contributed by atoms with Crippen molar-refractivity contribution in [2.75, 3.05) is 19.8 Å². The zero-order chi connectivity index (χ0) is 12.5. The Morgan fingerprint density at radius 2 is 2.00 bits per heavy atom. The van der Waals surface area contributed by atoms with E-state index in [4.69, 9.17) is 9.47 Å². The van der Waals surface area contributed by atoms with Crippen LogP contribution >= 0.6 is 0 Å². The van der Waals surface area contributed by atoms with Crippen molar-refractivity contribution < 1.29 is 14.3 Å². The Morgan fingerprint density at radius 1 is 1.29 bits per heavy atom. The lowest BCUT2D eigenvalue weighted by Crippen LogP contribution is -2.30. The van der Waals surface area contributed by atoms with Crippen LogP contribution in [-0.2, 0) is 4.74 Å². The Labute approximate surface area is 102 Å². The van der Waals surface area contributed by atoms with E-state index in [1.165, 1.54) is 0 Å². The number of carbonyl (C=O) groups is 1. The predicted molar refractivity (Wildman–Crippen MR) is 66.1 cm³/mol. The average Bonchev–Trinajstić information content (AvgIpc) is 2.29. The number of rotatable bonds is 6. The van der Waals surface area contributed by atoms with Gasteiger partial charge in [-0.1, -0.05) is 32.0 Å². The Bertz CT molecular complexity index is 325. The van der Waals surface area contributed by atoms with E-state index < -0.39 is 6.09 Å². The summed E-state index contributed by atoms with van der Waals surface area (Å²) in [6.07, 6.45) is -0.454. The van der Waals surface area contributed by atoms with E-state index in [9.17, 15) is 4.79 Å². The van der Waals surface area contributed by atoms with E-state index in [2.05, 4.69) is 19.2 Å². The smallest absolute Gasteiger partial charge is 0.410 e. The molecule has 1 aromatic rings. The first-order valence-electron chi connectivity index (χ1n) is 5.77. The molecule has 0 atom stereocenters. The number of nitrogens with one attached hydrogen (secondary N) is 1. The maximum atomic E-state index is 11.3. The lowest BCUT2D eigenvalue weighted by molar-refractivity contribution is 0.111. The highest BCUT2D eigenvalue weighted by atomic mass is 16.6. The lowest BCUT2D eigenvalue weighted by atomic mass is 10.2. The molecule has 1 aromatic carbocycles. The summed E-state index contributed by atoms with van der Waals surface area (Å²) in [5.41, 5.74) is 0. The highest BCUT2D eigenvalue weighted by Gasteiger charge is 2.02. The molecular weight excluding hydrogens is 218 g/mol. The fourth-order valence-electron chi connectivity index (χ4n) is 1.18. The Morgan fingerprint density at radius 3 is 2.65 bits per heavy atom. The minimum Gasteiger partial charge on any atom is -0.410 e. The van der Waals surface area contributed by atoms with E-state index in [1.54, 1.807) is 12.1 Å². The van der Waals surface area contributed by atoms with Gasteiger partial charge in [0.15, 0.2) is 0 Å². The van der Waals surface area contributed by atoms with Crippen molar-refractivity contribution in [2.45, 2.75) is 13.8 Å². The zero-order valence-electron chi connectivity index (χ0n) is 10.3. The molecule has 17 heavy (non-hydrogen) atoms. The number of hydrogen-bond donors (Lipinski definition) is 1. The molecule has 0 saturated carbocycles. The Balaban J connectivity index is 2.10. The molecule has 1 amide bonds. The molecule has 0 radical (unpaired) electrons. The fraction of sp³-hybridized carbons (Fsp3) is 0.462. The van der Waals surface area contributed by atoms with Crippen LogP contribution in [0.4, 0.5) is 4.79 Å². The number of benzene rings is 1. The monoisotopic (exact) mass is 237 g/mol. The van der Waals surface area contributed by atoms with Gasteiger partial charge in [0.05, 0.1) is 6.61 Å². The van der Waals surface area contributed by atoms with E-state index in [0.717, 1.165) is 0 Å². The van der Waals surface area contributed by atoms with Gasteiger partial charge in [-0.2, -0.15) is 0 Å². The molecule has 1 rings (SSSR count). The van der Waals surface area contributed by atoms with Crippen molar-refractivity contribution in [3.8, 4) is 5.75 Å². The van der Waals surface area contributed by atoms with Gasteiger partial charge >= 0.3 is 6.09 Å². The quantitative estimate of drug-likeness (QED) is 0.773. The number of amides is 1. The summed E-state index contributed by atoms with van der Waals surface area (Å²) in [5, 5.41) is 2.62. The molecular formula is C13H19NO3. The predicted octanol–water partition coefficient (Wildman–Crippen LogP) is 2.45. The van der Waals surface area contributed by atoms with Gasteiger partial charge in [0.25, 0.3) is 0 Å². The van der Waals surface area contributed by atoms with Gasteiger partial charge in [0.2, 0.25) is 0 Å². The van der Waals surface area contributed by atoms with Gasteiger partial charge in [0, 0.05) is 13.2 Å². The molecule has 0 spiro atoms. The molecule has 0 saturated heterocycles. The molecule has 94 valence electrons. The highest BCUT2D eigenvalue weighted by molar-refractivity contribution is 5.70. The molecule has 0 unspecified atom stereocenters. The van der Waals surface area contributed by atoms with Gasteiger partial charge in [-0.3, -0.25) is 0 Å². The topological polar surface area (TPSA) is 47.6 Å².